The molecule has 0 N–H and O–H groups in total. The number of rotatable bonds is 3. The molecular formula is C8H14N4O2S. The molecule has 2 heterocycles. The molecule has 6 nitrogen and oxygen atoms in total. The average molecular weight is 230 g/mol. The Bertz CT molecular complexity index is 439. The fraction of sp³-hybridized carbons (Fsp3) is 0.750. The minimum absolute atomic E-state index is 0.209. The molecule has 0 aliphatic carbocycles. The van der Waals surface area contributed by atoms with Gasteiger partial charge in [-0.3, -0.25) is 0 Å². The van der Waals surface area contributed by atoms with Gasteiger partial charge in [0.05, 0.1) is 12.3 Å². The summed E-state index contributed by atoms with van der Waals surface area (Å²) >= 11 is 0. The summed E-state index contributed by atoms with van der Waals surface area (Å²) in [5, 5.41) is 7.65. The third kappa shape index (κ3) is 2.03. The van der Waals surface area contributed by atoms with Gasteiger partial charge in [0.25, 0.3) is 0 Å². The van der Waals surface area contributed by atoms with E-state index in [1.54, 1.807) is 6.33 Å². The van der Waals surface area contributed by atoms with Gasteiger partial charge in [0.15, 0.2) is 0 Å². The van der Waals surface area contributed by atoms with E-state index in [0.717, 1.165) is 5.82 Å². The Hall–Kier alpha value is -0.950. The van der Waals surface area contributed by atoms with Gasteiger partial charge in [-0.2, -0.15) is 4.31 Å². The number of fused-ring (bicyclic) bond motifs is 1. The summed E-state index contributed by atoms with van der Waals surface area (Å²) < 4.78 is 26.9. The van der Waals surface area contributed by atoms with Crippen LogP contribution in [0.2, 0.25) is 0 Å². The second kappa shape index (κ2) is 3.90. The van der Waals surface area contributed by atoms with Gasteiger partial charge in [-0.25, -0.2) is 8.42 Å². The highest BCUT2D eigenvalue weighted by Crippen LogP contribution is 2.13. The summed E-state index contributed by atoms with van der Waals surface area (Å²) in [5.74, 6) is 0.933. The van der Waals surface area contributed by atoms with Crippen molar-refractivity contribution in [1.29, 1.82) is 0 Å². The minimum atomic E-state index is -3.10. The van der Waals surface area contributed by atoms with Crippen LogP contribution in [-0.4, -0.2) is 39.8 Å². The number of hydrogen-bond donors (Lipinski definition) is 0. The van der Waals surface area contributed by atoms with Gasteiger partial charge < -0.3 is 4.57 Å². The van der Waals surface area contributed by atoms with Crippen molar-refractivity contribution >= 4 is 10.0 Å². The van der Waals surface area contributed by atoms with Crippen LogP contribution in [0.3, 0.4) is 0 Å². The molecule has 1 aliphatic heterocycles. The maximum Gasteiger partial charge on any atom is 0.214 e. The van der Waals surface area contributed by atoms with Crippen LogP contribution in [0.4, 0.5) is 0 Å². The molecule has 1 aromatic rings. The molecule has 2 rings (SSSR count). The van der Waals surface area contributed by atoms with Gasteiger partial charge >= 0.3 is 0 Å². The van der Waals surface area contributed by atoms with Crippen LogP contribution in [-0.2, 0) is 23.1 Å². The van der Waals surface area contributed by atoms with Crippen molar-refractivity contribution < 1.29 is 8.42 Å². The van der Waals surface area contributed by atoms with E-state index in [1.165, 1.54) is 4.31 Å². The lowest BCUT2D eigenvalue weighted by Gasteiger charge is -2.26. The zero-order valence-electron chi connectivity index (χ0n) is 8.63. The Labute approximate surface area is 89.0 Å². The highest BCUT2D eigenvalue weighted by atomic mass is 32.2. The van der Waals surface area contributed by atoms with E-state index in [-0.39, 0.29) is 5.75 Å². The van der Waals surface area contributed by atoms with Crippen LogP contribution >= 0.6 is 0 Å². The first kappa shape index (κ1) is 10.6. The number of sulfonamides is 1. The van der Waals surface area contributed by atoms with Crippen molar-refractivity contribution in [1.82, 2.24) is 19.1 Å². The number of aromatic nitrogens is 3. The predicted molar refractivity (Wildman–Crippen MR) is 54.5 cm³/mol. The smallest absolute Gasteiger partial charge is 0.214 e. The molecule has 0 aromatic carbocycles. The van der Waals surface area contributed by atoms with Crippen molar-refractivity contribution in [2.45, 2.75) is 26.4 Å². The van der Waals surface area contributed by atoms with E-state index in [2.05, 4.69) is 10.2 Å². The Morgan fingerprint density at radius 2 is 2.27 bits per heavy atom. The molecule has 1 aliphatic rings. The molecule has 0 unspecified atom stereocenters. The molecule has 0 saturated heterocycles. The zero-order chi connectivity index (χ0) is 10.9. The van der Waals surface area contributed by atoms with Crippen molar-refractivity contribution in [3.05, 3.63) is 12.2 Å². The molecule has 1 aromatic heterocycles. The number of nitrogens with zero attached hydrogens (tertiary/aromatic N) is 4. The summed E-state index contributed by atoms with van der Waals surface area (Å²) in [5.41, 5.74) is 0. The molecule has 84 valence electrons. The maximum atomic E-state index is 11.8. The first-order valence-corrected chi connectivity index (χ1v) is 6.59. The topological polar surface area (TPSA) is 68.1 Å². The summed E-state index contributed by atoms with van der Waals surface area (Å²) in [6.07, 6.45) is 2.28. The van der Waals surface area contributed by atoms with Crippen LogP contribution in [0.5, 0.6) is 0 Å². The van der Waals surface area contributed by atoms with Gasteiger partial charge in [0, 0.05) is 13.1 Å². The highest BCUT2D eigenvalue weighted by molar-refractivity contribution is 7.89. The predicted octanol–water partition coefficient (Wildman–Crippen LogP) is -0.167. The summed E-state index contributed by atoms with van der Waals surface area (Å²) in [6, 6.07) is 0. The number of hydrogen-bond acceptors (Lipinski definition) is 4. The van der Waals surface area contributed by atoms with Gasteiger partial charge in [0.1, 0.15) is 12.2 Å². The second-order valence-corrected chi connectivity index (χ2v) is 5.68. The largest absolute Gasteiger partial charge is 0.315 e. The molecule has 0 saturated carbocycles. The molecule has 0 fully saturated rings. The van der Waals surface area contributed by atoms with Crippen LogP contribution in [0.25, 0.3) is 0 Å². The van der Waals surface area contributed by atoms with E-state index in [0.29, 0.717) is 26.1 Å². The van der Waals surface area contributed by atoms with Gasteiger partial charge in [0.2, 0.25) is 10.0 Å². The lowest BCUT2D eigenvalue weighted by atomic mass is 10.4. The summed E-state index contributed by atoms with van der Waals surface area (Å²) in [4.78, 5) is 0. The highest BCUT2D eigenvalue weighted by Gasteiger charge is 2.26. The molecule has 15 heavy (non-hydrogen) atoms. The normalized spacial score (nSPS) is 17.7. The average Bonchev–Trinajstić information content (AvgIpc) is 2.63. The molecule has 0 spiro atoms. The van der Waals surface area contributed by atoms with E-state index in [9.17, 15) is 8.42 Å². The standard InChI is InChI=1S/C8H14N4O2S/c1-2-5-15(13,14)12-4-3-11-7-9-10-8(11)6-12/h7H,2-6H2,1H3. The lowest BCUT2D eigenvalue weighted by Crippen LogP contribution is -2.39. The molecule has 0 amide bonds. The van der Waals surface area contributed by atoms with Crippen molar-refractivity contribution in [2.75, 3.05) is 12.3 Å². The fourth-order valence-electron chi connectivity index (χ4n) is 1.67. The zero-order valence-corrected chi connectivity index (χ0v) is 9.44. The van der Waals surface area contributed by atoms with Crippen LogP contribution in [0.15, 0.2) is 6.33 Å². The molecule has 7 heteroatoms. The maximum absolute atomic E-state index is 11.8. The third-order valence-electron chi connectivity index (χ3n) is 2.46. The van der Waals surface area contributed by atoms with Gasteiger partial charge in [-0.05, 0) is 6.42 Å². The Morgan fingerprint density at radius 1 is 1.47 bits per heavy atom. The van der Waals surface area contributed by atoms with Crippen molar-refractivity contribution in [3.8, 4) is 0 Å². The summed E-state index contributed by atoms with van der Waals surface area (Å²) in [6.45, 7) is 3.38. The van der Waals surface area contributed by atoms with E-state index in [4.69, 9.17) is 0 Å². The SMILES string of the molecule is CCCS(=O)(=O)N1CCn2cnnc2C1. The van der Waals surface area contributed by atoms with E-state index in [1.807, 2.05) is 11.5 Å². The minimum Gasteiger partial charge on any atom is -0.315 e. The monoisotopic (exact) mass is 230 g/mol. The van der Waals surface area contributed by atoms with Crippen molar-refractivity contribution in [3.63, 3.8) is 0 Å². The fourth-order valence-corrected chi connectivity index (χ4v) is 3.11. The first-order valence-electron chi connectivity index (χ1n) is 4.98. The Morgan fingerprint density at radius 3 is 3.00 bits per heavy atom. The first-order chi connectivity index (χ1) is 7.13. The Balaban J connectivity index is 2.16. The molecule has 0 atom stereocenters. The molecular weight excluding hydrogens is 216 g/mol. The quantitative estimate of drug-likeness (QED) is 0.723. The van der Waals surface area contributed by atoms with Crippen LogP contribution in [0.1, 0.15) is 19.2 Å². The van der Waals surface area contributed by atoms with E-state index >= 15 is 0 Å². The van der Waals surface area contributed by atoms with Crippen LogP contribution in [0, 0.1) is 0 Å². The van der Waals surface area contributed by atoms with E-state index < -0.39 is 10.0 Å². The second-order valence-electron chi connectivity index (χ2n) is 3.59. The van der Waals surface area contributed by atoms with Gasteiger partial charge in [-0.1, -0.05) is 6.92 Å². The molecule has 0 radical (unpaired) electrons. The summed E-state index contributed by atoms with van der Waals surface area (Å²) in [7, 11) is -3.10. The lowest BCUT2D eigenvalue weighted by molar-refractivity contribution is 0.335. The van der Waals surface area contributed by atoms with Crippen LogP contribution < -0.4 is 0 Å². The van der Waals surface area contributed by atoms with Gasteiger partial charge in [-0.15, -0.1) is 10.2 Å². The third-order valence-corrected chi connectivity index (χ3v) is 4.48. The molecule has 0 bridgehead atoms. The van der Waals surface area contributed by atoms with Crippen molar-refractivity contribution in [2.24, 2.45) is 0 Å². The Kier molecular flexibility index (Phi) is 2.74.